The lowest BCUT2D eigenvalue weighted by Gasteiger charge is -2.27. The van der Waals surface area contributed by atoms with Crippen LogP contribution in [0.1, 0.15) is 53.0 Å². The zero-order chi connectivity index (χ0) is 24.2. The number of rotatable bonds is 4. The number of imide groups is 2. The second-order valence-corrected chi connectivity index (χ2v) is 9.03. The molecule has 0 saturated carbocycles. The van der Waals surface area contributed by atoms with Gasteiger partial charge in [-0.25, -0.2) is 0 Å². The van der Waals surface area contributed by atoms with Gasteiger partial charge in [-0.3, -0.25) is 34.2 Å². The third-order valence-electron chi connectivity index (χ3n) is 6.53. The smallest absolute Gasteiger partial charge is 0.262 e. The first-order valence-corrected chi connectivity index (χ1v) is 10.9. The number of hydrogen-bond donors (Lipinski definition) is 3. The van der Waals surface area contributed by atoms with Crippen molar-refractivity contribution in [2.24, 2.45) is 0 Å². The van der Waals surface area contributed by atoms with Crippen molar-refractivity contribution in [3.8, 4) is 0 Å². The lowest BCUT2D eigenvalue weighted by Crippen LogP contribution is -2.54. The van der Waals surface area contributed by atoms with Crippen LogP contribution in [0.3, 0.4) is 0 Å². The Hall–Kier alpha value is -4.27. The van der Waals surface area contributed by atoms with Crippen LogP contribution in [0.4, 0.5) is 5.69 Å². The summed E-state index contributed by atoms with van der Waals surface area (Å²) in [5.74, 6) is -2.59. The minimum Gasteiger partial charge on any atom is -0.361 e. The van der Waals surface area contributed by atoms with Gasteiger partial charge in [0.05, 0.1) is 16.5 Å². The van der Waals surface area contributed by atoms with E-state index in [9.17, 15) is 24.0 Å². The molecule has 2 aliphatic heterocycles. The quantitative estimate of drug-likeness (QED) is 0.518. The van der Waals surface area contributed by atoms with Crippen molar-refractivity contribution in [3.05, 3.63) is 65.4 Å². The number of amides is 5. The fraction of sp³-hybridized carbons (Fsp3) is 0.240. The number of carbonyl (C=O) groups excluding carboxylic acids is 5. The molecule has 3 N–H and O–H groups in total. The Morgan fingerprint density at radius 3 is 2.53 bits per heavy atom. The number of H-pyrrole nitrogens is 1. The number of benzene rings is 2. The van der Waals surface area contributed by atoms with Gasteiger partial charge < -0.3 is 10.3 Å². The van der Waals surface area contributed by atoms with E-state index in [1.165, 1.54) is 12.1 Å². The number of fused-ring (bicyclic) bond motifs is 2. The van der Waals surface area contributed by atoms with Crippen LogP contribution in [0.5, 0.6) is 0 Å². The number of anilines is 1. The number of hydrogen-bond acceptors (Lipinski definition) is 5. The fourth-order valence-corrected chi connectivity index (χ4v) is 4.55. The minimum atomic E-state index is -1.04. The van der Waals surface area contributed by atoms with Crippen molar-refractivity contribution >= 4 is 46.1 Å². The van der Waals surface area contributed by atoms with Crippen LogP contribution >= 0.6 is 0 Å². The average molecular weight is 458 g/mol. The first kappa shape index (κ1) is 21.6. The molecule has 3 heterocycles. The fourth-order valence-electron chi connectivity index (χ4n) is 4.55. The van der Waals surface area contributed by atoms with E-state index >= 15 is 0 Å². The van der Waals surface area contributed by atoms with Crippen molar-refractivity contribution in [2.45, 2.75) is 38.1 Å². The highest BCUT2D eigenvalue weighted by Crippen LogP contribution is 2.33. The van der Waals surface area contributed by atoms with Crippen LogP contribution in [0.2, 0.25) is 0 Å². The van der Waals surface area contributed by atoms with Gasteiger partial charge in [0.15, 0.2) is 0 Å². The zero-order valence-corrected chi connectivity index (χ0v) is 18.6. The van der Waals surface area contributed by atoms with Gasteiger partial charge in [-0.2, -0.15) is 0 Å². The number of piperidine rings is 1. The molecule has 1 atom stereocenters. The minimum absolute atomic E-state index is 0.0496. The van der Waals surface area contributed by atoms with Gasteiger partial charge in [0.2, 0.25) is 17.7 Å². The molecular weight excluding hydrogens is 436 g/mol. The molecule has 34 heavy (non-hydrogen) atoms. The normalized spacial score (nSPS) is 18.3. The Kier molecular flexibility index (Phi) is 4.85. The number of nitrogens with one attached hydrogen (secondary N) is 3. The van der Waals surface area contributed by atoms with Gasteiger partial charge in [0.1, 0.15) is 6.04 Å². The van der Waals surface area contributed by atoms with Gasteiger partial charge in [0, 0.05) is 29.2 Å². The van der Waals surface area contributed by atoms with E-state index in [0.29, 0.717) is 5.69 Å². The van der Waals surface area contributed by atoms with Crippen LogP contribution in [-0.4, -0.2) is 45.5 Å². The third-order valence-corrected chi connectivity index (χ3v) is 6.53. The summed E-state index contributed by atoms with van der Waals surface area (Å²) in [6, 6.07) is 11.1. The van der Waals surface area contributed by atoms with Gasteiger partial charge in [-0.05, 0) is 50.1 Å². The molecule has 1 unspecified atom stereocenters. The maximum atomic E-state index is 13.2. The highest BCUT2D eigenvalue weighted by Gasteiger charge is 2.44. The van der Waals surface area contributed by atoms with Crippen LogP contribution in [0, 0.1) is 0 Å². The molecule has 9 nitrogen and oxygen atoms in total. The van der Waals surface area contributed by atoms with Crippen molar-refractivity contribution in [1.29, 1.82) is 0 Å². The molecule has 9 heteroatoms. The highest BCUT2D eigenvalue weighted by atomic mass is 16.2. The van der Waals surface area contributed by atoms with Gasteiger partial charge >= 0.3 is 0 Å². The lowest BCUT2D eigenvalue weighted by molar-refractivity contribution is -0.136. The number of para-hydroxylation sites is 1. The Bertz CT molecular complexity index is 1400. The van der Waals surface area contributed by atoms with Crippen LogP contribution in [0.25, 0.3) is 10.9 Å². The topological polar surface area (TPSA) is 128 Å². The van der Waals surface area contributed by atoms with E-state index in [0.717, 1.165) is 21.4 Å². The average Bonchev–Trinajstić information content (AvgIpc) is 3.34. The largest absolute Gasteiger partial charge is 0.361 e. The van der Waals surface area contributed by atoms with E-state index in [4.69, 9.17) is 0 Å². The molecule has 2 aromatic carbocycles. The molecule has 1 saturated heterocycles. The number of aromatic amines is 1. The first-order valence-electron chi connectivity index (χ1n) is 10.9. The molecule has 1 aromatic heterocycles. The maximum Gasteiger partial charge on any atom is 0.262 e. The molecule has 3 aromatic rings. The molecule has 1 fully saturated rings. The van der Waals surface area contributed by atoms with Gasteiger partial charge in [0.25, 0.3) is 11.8 Å². The maximum absolute atomic E-state index is 13.2. The summed E-state index contributed by atoms with van der Waals surface area (Å²) in [5.41, 5.74) is 1.49. The van der Waals surface area contributed by atoms with Crippen LogP contribution < -0.4 is 10.6 Å². The standard InChI is InChI=1S/C25H22N4O5/c1-25(2,17-12-26-18-6-4-3-5-15(17)18)24(34)27-13-7-8-14-16(11-13)23(33)29(22(14)32)19-9-10-20(30)28-21(19)31/h3-8,11-12,19,26H,9-10H2,1-2H3,(H,27,34)(H,28,30,31). The molecule has 5 rings (SSSR count). The van der Waals surface area contributed by atoms with E-state index in [2.05, 4.69) is 15.6 Å². The monoisotopic (exact) mass is 458 g/mol. The zero-order valence-electron chi connectivity index (χ0n) is 18.6. The molecule has 5 amide bonds. The Balaban J connectivity index is 1.40. The summed E-state index contributed by atoms with van der Waals surface area (Å²) < 4.78 is 0. The van der Waals surface area contributed by atoms with Crippen molar-refractivity contribution in [2.75, 3.05) is 5.32 Å². The number of nitrogens with zero attached hydrogens (tertiary/aromatic N) is 1. The summed E-state index contributed by atoms with van der Waals surface area (Å²) in [6.45, 7) is 3.62. The summed E-state index contributed by atoms with van der Waals surface area (Å²) in [7, 11) is 0. The molecule has 0 aliphatic carbocycles. The molecular formula is C25H22N4O5. The summed E-state index contributed by atoms with van der Waals surface area (Å²) in [6.07, 6.45) is 1.94. The Labute approximate surface area is 194 Å². The highest BCUT2D eigenvalue weighted by molar-refractivity contribution is 6.24. The number of carbonyl (C=O) groups is 5. The second kappa shape index (κ2) is 7.65. The molecule has 0 bridgehead atoms. The third kappa shape index (κ3) is 3.28. The predicted octanol–water partition coefficient (Wildman–Crippen LogP) is 2.49. The lowest BCUT2D eigenvalue weighted by atomic mass is 9.83. The van der Waals surface area contributed by atoms with E-state index in [1.54, 1.807) is 6.07 Å². The van der Waals surface area contributed by atoms with E-state index < -0.39 is 35.1 Å². The molecule has 172 valence electrons. The molecule has 0 spiro atoms. The molecule has 2 aliphatic rings. The van der Waals surface area contributed by atoms with Crippen LogP contribution in [-0.2, 0) is 19.8 Å². The van der Waals surface area contributed by atoms with Gasteiger partial charge in [-0.15, -0.1) is 0 Å². The van der Waals surface area contributed by atoms with Crippen LogP contribution in [0.15, 0.2) is 48.7 Å². The van der Waals surface area contributed by atoms with Gasteiger partial charge in [-0.1, -0.05) is 18.2 Å². The number of aromatic nitrogens is 1. The second-order valence-electron chi connectivity index (χ2n) is 9.03. The summed E-state index contributed by atoms with van der Waals surface area (Å²) in [4.78, 5) is 66.9. The van der Waals surface area contributed by atoms with E-state index in [-0.39, 0.29) is 29.9 Å². The van der Waals surface area contributed by atoms with Crippen molar-refractivity contribution in [1.82, 2.24) is 15.2 Å². The molecule has 0 radical (unpaired) electrons. The first-order chi connectivity index (χ1) is 16.2. The SMILES string of the molecule is CC(C)(C(=O)Nc1ccc2c(c1)C(=O)N(C1CCC(=O)NC1=O)C2=O)c1c[nH]c2ccccc12. The van der Waals surface area contributed by atoms with E-state index in [1.807, 2.05) is 44.3 Å². The summed E-state index contributed by atoms with van der Waals surface area (Å²) in [5, 5.41) is 5.96. The Morgan fingerprint density at radius 1 is 1.03 bits per heavy atom. The Morgan fingerprint density at radius 2 is 1.76 bits per heavy atom. The van der Waals surface area contributed by atoms with Crippen molar-refractivity contribution in [3.63, 3.8) is 0 Å². The van der Waals surface area contributed by atoms with Crippen molar-refractivity contribution < 1.29 is 24.0 Å². The summed E-state index contributed by atoms with van der Waals surface area (Å²) >= 11 is 0. The predicted molar refractivity (Wildman–Crippen MR) is 123 cm³/mol.